The van der Waals surface area contributed by atoms with Crippen LogP contribution in [0.5, 0.6) is 0 Å². The quantitative estimate of drug-likeness (QED) is 0.762. The van der Waals surface area contributed by atoms with Crippen molar-refractivity contribution < 1.29 is 13.2 Å². The van der Waals surface area contributed by atoms with E-state index in [1.165, 1.54) is 10.4 Å². The lowest BCUT2D eigenvalue weighted by Gasteiger charge is -2.20. The van der Waals surface area contributed by atoms with Gasteiger partial charge >= 0.3 is 0 Å². The maximum absolute atomic E-state index is 12.9. The molecule has 1 aliphatic rings. The first-order valence-corrected chi connectivity index (χ1v) is 10.9. The number of amides is 1. The van der Waals surface area contributed by atoms with Crippen LogP contribution in [-0.4, -0.2) is 31.7 Å². The average molecular weight is 427 g/mol. The van der Waals surface area contributed by atoms with E-state index < -0.39 is 15.9 Å². The van der Waals surface area contributed by atoms with Crippen LogP contribution >= 0.6 is 23.2 Å². The molecule has 2 aromatic rings. The van der Waals surface area contributed by atoms with E-state index in [9.17, 15) is 13.2 Å². The molecule has 0 bridgehead atoms. The number of hydrogen-bond acceptors (Lipinski definition) is 3. The molecule has 1 fully saturated rings. The van der Waals surface area contributed by atoms with Crippen LogP contribution in [0.15, 0.2) is 47.4 Å². The molecule has 27 heavy (non-hydrogen) atoms. The zero-order valence-electron chi connectivity index (χ0n) is 14.6. The van der Waals surface area contributed by atoms with Gasteiger partial charge in [-0.3, -0.25) is 4.79 Å². The highest BCUT2D eigenvalue weighted by Crippen LogP contribution is 2.27. The summed E-state index contributed by atoms with van der Waals surface area (Å²) in [6, 6.07) is 11.0. The van der Waals surface area contributed by atoms with Gasteiger partial charge in [0.05, 0.1) is 20.5 Å². The molecule has 1 N–H and O–H groups in total. The molecular weight excluding hydrogens is 407 g/mol. The molecule has 8 heteroatoms. The Hall–Kier alpha value is -1.60. The summed E-state index contributed by atoms with van der Waals surface area (Å²) >= 11 is 12.0. The molecule has 5 nitrogen and oxygen atoms in total. The van der Waals surface area contributed by atoms with E-state index in [2.05, 4.69) is 5.32 Å². The van der Waals surface area contributed by atoms with E-state index in [0.717, 1.165) is 25.7 Å². The van der Waals surface area contributed by atoms with Gasteiger partial charge in [-0.05, 0) is 43.2 Å². The van der Waals surface area contributed by atoms with E-state index in [1.807, 2.05) is 0 Å². The lowest BCUT2D eigenvalue weighted by Crippen LogP contribution is -2.32. The summed E-state index contributed by atoms with van der Waals surface area (Å²) in [4.78, 5) is 12.6. The molecule has 1 saturated heterocycles. The highest BCUT2D eigenvalue weighted by molar-refractivity contribution is 7.89. The first-order valence-electron chi connectivity index (χ1n) is 8.75. The number of anilines is 1. The van der Waals surface area contributed by atoms with Crippen LogP contribution in [0.1, 0.15) is 36.0 Å². The second kappa shape index (κ2) is 8.61. The number of sulfonamides is 1. The van der Waals surface area contributed by atoms with Gasteiger partial charge in [-0.2, -0.15) is 4.31 Å². The van der Waals surface area contributed by atoms with E-state index in [1.54, 1.807) is 36.4 Å². The Balaban J connectivity index is 1.83. The molecule has 0 aromatic heterocycles. The number of carbonyl (C=O) groups is 1. The highest BCUT2D eigenvalue weighted by atomic mass is 35.5. The highest BCUT2D eigenvalue weighted by Gasteiger charge is 2.25. The van der Waals surface area contributed by atoms with Crippen molar-refractivity contribution in [2.75, 3.05) is 18.4 Å². The molecule has 1 amide bonds. The van der Waals surface area contributed by atoms with Crippen molar-refractivity contribution in [2.24, 2.45) is 0 Å². The van der Waals surface area contributed by atoms with Crippen molar-refractivity contribution in [3.8, 4) is 0 Å². The number of rotatable bonds is 4. The summed E-state index contributed by atoms with van der Waals surface area (Å²) in [5, 5.41) is 3.13. The van der Waals surface area contributed by atoms with E-state index in [-0.39, 0.29) is 20.5 Å². The van der Waals surface area contributed by atoms with Crippen molar-refractivity contribution in [1.82, 2.24) is 4.31 Å². The summed E-state index contributed by atoms with van der Waals surface area (Å²) < 4.78 is 27.4. The van der Waals surface area contributed by atoms with Crippen LogP contribution < -0.4 is 5.32 Å². The number of hydrogen-bond donors (Lipinski definition) is 1. The zero-order valence-corrected chi connectivity index (χ0v) is 16.9. The normalized spacial score (nSPS) is 15.9. The number of carbonyl (C=O) groups excluding carboxylic acids is 1. The lowest BCUT2D eigenvalue weighted by atomic mass is 10.2. The SMILES string of the molecule is O=C(Nc1cccc(S(=O)(=O)N2CCCCCC2)c1)c1cccc(Cl)c1Cl. The minimum atomic E-state index is -3.59. The van der Waals surface area contributed by atoms with Crippen molar-refractivity contribution in [3.63, 3.8) is 0 Å². The summed E-state index contributed by atoms with van der Waals surface area (Å²) in [6.07, 6.45) is 3.82. The minimum absolute atomic E-state index is 0.157. The Labute approximate surface area is 169 Å². The third-order valence-corrected chi connectivity index (χ3v) is 7.20. The Morgan fingerprint density at radius 3 is 2.33 bits per heavy atom. The Morgan fingerprint density at radius 1 is 0.963 bits per heavy atom. The Kier molecular flexibility index (Phi) is 6.42. The molecule has 0 aliphatic carbocycles. The van der Waals surface area contributed by atoms with Gasteiger partial charge in [0.25, 0.3) is 5.91 Å². The molecule has 0 radical (unpaired) electrons. The fourth-order valence-corrected chi connectivity index (χ4v) is 4.99. The fourth-order valence-electron chi connectivity index (χ4n) is 3.04. The predicted molar refractivity (Wildman–Crippen MR) is 108 cm³/mol. The molecule has 144 valence electrons. The number of nitrogens with one attached hydrogen (secondary N) is 1. The van der Waals surface area contributed by atoms with Gasteiger partial charge in [0.15, 0.2) is 0 Å². The van der Waals surface area contributed by atoms with Gasteiger partial charge in [0, 0.05) is 18.8 Å². The molecule has 1 heterocycles. The Bertz CT molecular complexity index is 940. The first kappa shape index (κ1) is 20.1. The van der Waals surface area contributed by atoms with E-state index in [4.69, 9.17) is 23.2 Å². The summed E-state index contributed by atoms with van der Waals surface area (Å²) in [6.45, 7) is 1.05. The second-order valence-corrected chi connectivity index (χ2v) is 9.12. The standard InChI is InChI=1S/C19H20Cl2N2O3S/c20-17-10-6-9-16(18(17)21)19(24)22-14-7-5-8-15(13-14)27(25,26)23-11-3-1-2-4-12-23/h5-10,13H,1-4,11-12H2,(H,22,24). The molecule has 0 saturated carbocycles. The molecule has 2 aromatic carbocycles. The van der Waals surface area contributed by atoms with Crippen LogP contribution in [0, 0.1) is 0 Å². The van der Waals surface area contributed by atoms with Crippen LogP contribution in [0.2, 0.25) is 10.0 Å². The fraction of sp³-hybridized carbons (Fsp3) is 0.316. The van der Waals surface area contributed by atoms with Crippen LogP contribution in [-0.2, 0) is 10.0 Å². The summed E-state index contributed by atoms with van der Waals surface area (Å²) in [5.41, 5.74) is 0.608. The van der Waals surface area contributed by atoms with Crippen LogP contribution in [0.4, 0.5) is 5.69 Å². The first-order chi connectivity index (χ1) is 12.9. The van der Waals surface area contributed by atoms with E-state index in [0.29, 0.717) is 18.8 Å². The predicted octanol–water partition coefficient (Wildman–Crippen LogP) is 4.81. The summed E-state index contributed by atoms with van der Waals surface area (Å²) in [7, 11) is -3.59. The van der Waals surface area contributed by atoms with Gasteiger partial charge in [-0.25, -0.2) is 8.42 Å². The van der Waals surface area contributed by atoms with Gasteiger partial charge in [0.1, 0.15) is 0 Å². The van der Waals surface area contributed by atoms with Crippen molar-refractivity contribution >= 4 is 44.8 Å². The third-order valence-electron chi connectivity index (χ3n) is 4.49. The number of halogens is 2. The van der Waals surface area contributed by atoms with Crippen molar-refractivity contribution in [3.05, 3.63) is 58.1 Å². The van der Waals surface area contributed by atoms with Gasteiger partial charge < -0.3 is 5.32 Å². The number of nitrogens with zero attached hydrogens (tertiary/aromatic N) is 1. The maximum atomic E-state index is 12.9. The molecule has 3 rings (SSSR count). The van der Waals surface area contributed by atoms with Crippen LogP contribution in [0.3, 0.4) is 0 Å². The van der Waals surface area contributed by atoms with Crippen LogP contribution in [0.25, 0.3) is 0 Å². The molecule has 0 unspecified atom stereocenters. The minimum Gasteiger partial charge on any atom is -0.322 e. The maximum Gasteiger partial charge on any atom is 0.257 e. The lowest BCUT2D eigenvalue weighted by molar-refractivity contribution is 0.102. The summed E-state index contributed by atoms with van der Waals surface area (Å²) in [5.74, 6) is -0.452. The van der Waals surface area contributed by atoms with E-state index >= 15 is 0 Å². The molecule has 0 spiro atoms. The van der Waals surface area contributed by atoms with Gasteiger partial charge in [-0.1, -0.05) is 48.2 Å². The number of benzene rings is 2. The topological polar surface area (TPSA) is 66.5 Å². The largest absolute Gasteiger partial charge is 0.322 e. The molecule has 0 atom stereocenters. The third kappa shape index (κ3) is 4.63. The molecule has 1 aliphatic heterocycles. The van der Waals surface area contributed by atoms with Crippen molar-refractivity contribution in [1.29, 1.82) is 0 Å². The van der Waals surface area contributed by atoms with Crippen molar-refractivity contribution in [2.45, 2.75) is 30.6 Å². The van der Waals surface area contributed by atoms with Gasteiger partial charge in [-0.15, -0.1) is 0 Å². The smallest absolute Gasteiger partial charge is 0.257 e. The molecular formula is C19H20Cl2N2O3S. The zero-order chi connectivity index (χ0) is 19.4. The second-order valence-electron chi connectivity index (χ2n) is 6.40. The average Bonchev–Trinajstić information content (AvgIpc) is 2.94. The monoisotopic (exact) mass is 426 g/mol. The Morgan fingerprint density at radius 2 is 1.63 bits per heavy atom. The van der Waals surface area contributed by atoms with Gasteiger partial charge in [0.2, 0.25) is 10.0 Å².